The third kappa shape index (κ3) is 3.50. The van der Waals surface area contributed by atoms with Gasteiger partial charge in [0.1, 0.15) is 5.82 Å². The largest absolute Gasteiger partial charge is 0.453 e. The number of methoxy groups -OCH3 is 1. The van der Waals surface area contributed by atoms with E-state index in [1.165, 1.54) is 7.11 Å². The molecule has 0 aliphatic carbocycles. The minimum Gasteiger partial charge on any atom is -0.453 e. The smallest absolute Gasteiger partial charge is 0.409 e. The Balaban J connectivity index is 1.53. The second-order valence-electron chi connectivity index (χ2n) is 6.87. The van der Waals surface area contributed by atoms with Crippen LogP contribution in [0.3, 0.4) is 0 Å². The van der Waals surface area contributed by atoms with E-state index in [1.807, 2.05) is 47.1 Å². The predicted molar refractivity (Wildman–Crippen MR) is 107 cm³/mol. The zero-order valence-corrected chi connectivity index (χ0v) is 15.8. The van der Waals surface area contributed by atoms with Crippen molar-refractivity contribution < 1.29 is 9.53 Å². The fourth-order valence-electron chi connectivity index (χ4n) is 3.60. The van der Waals surface area contributed by atoms with Gasteiger partial charge in [-0.2, -0.15) is 0 Å². The van der Waals surface area contributed by atoms with Gasteiger partial charge in [0.2, 0.25) is 0 Å². The molecular weight excluding hydrogens is 356 g/mol. The van der Waals surface area contributed by atoms with Crippen LogP contribution in [0.15, 0.2) is 42.6 Å². The maximum atomic E-state index is 11.9. The van der Waals surface area contributed by atoms with Gasteiger partial charge in [-0.1, -0.05) is 24.3 Å². The summed E-state index contributed by atoms with van der Waals surface area (Å²) >= 11 is 0. The molecule has 1 aliphatic heterocycles. The van der Waals surface area contributed by atoms with Gasteiger partial charge in [0.25, 0.3) is 0 Å². The van der Waals surface area contributed by atoms with Crippen molar-refractivity contribution in [2.24, 2.45) is 5.73 Å². The quantitative estimate of drug-likeness (QED) is 0.706. The summed E-state index contributed by atoms with van der Waals surface area (Å²) in [4.78, 5) is 18.1. The van der Waals surface area contributed by atoms with Gasteiger partial charge in [-0.3, -0.25) is 0 Å². The molecule has 1 aliphatic rings. The predicted octanol–water partition coefficient (Wildman–Crippen LogP) is 2.50. The SMILES string of the molecule is COC(=O)N1CCC[C@H]1CNc1ccc2ncc(-c3ccc(CN)cc3)n2n1. The molecule has 1 aromatic carbocycles. The van der Waals surface area contributed by atoms with Crippen molar-refractivity contribution in [2.45, 2.75) is 25.4 Å². The first-order valence-corrected chi connectivity index (χ1v) is 9.42. The summed E-state index contributed by atoms with van der Waals surface area (Å²) in [5.41, 5.74) is 9.49. The summed E-state index contributed by atoms with van der Waals surface area (Å²) in [5.74, 6) is 0.738. The van der Waals surface area contributed by atoms with Crippen molar-refractivity contribution in [3.8, 4) is 11.3 Å². The van der Waals surface area contributed by atoms with E-state index in [0.29, 0.717) is 13.1 Å². The number of likely N-dealkylation sites (tertiary alicyclic amines) is 1. The van der Waals surface area contributed by atoms with Crippen LogP contribution in [0.5, 0.6) is 0 Å². The normalized spacial score (nSPS) is 16.5. The second-order valence-corrected chi connectivity index (χ2v) is 6.87. The van der Waals surface area contributed by atoms with Gasteiger partial charge in [-0.05, 0) is 30.5 Å². The molecule has 0 unspecified atom stereocenters. The zero-order chi connectivity index (χ0) is 19.5. The van der Waals surface area contributed by atoms with E-state index in [2.05, 4.69) is 15.4 Å². The number of amides is 1. The number of benzene rings is 1. The van der Waals surface area contributed by atoms with Crippen molar-refractivity contribution in [3.05, 3.63) is 48.2 Å². The Morgan fingerprint density at radius 3 is 2.86 bits per heavy atom. The molecule has 4 rings (SSSR count). The zero-order valence-electron chi connectivity index (χ0n) is 15.8. The molecule has 8 heteroatoms. The number of nitrogens with two attached hydrogens (primary N) is 1. The Morgan fingerprint density at radius 1 is 1.29 bits per heavy atom. The van der Waals surface area contributed by atoms with Gasteiger partial charge in [-0.15, -0.1) is 5.10 Å². The molecule has 0 spiro atoms. The maximum absolute atomic E-state index is 11.9. The molecule has 2 aromatic heterocycles. The Labute approximate surface area is 163 Å². The third-order valence-corrected chi connectivity index (χ3v) is 5.15. The number of nitrogens with one attached hydrogen (secondary N) is 1. The van der Waals surface area contributed by atoms with E-state index in [-0.39, 0.29) is 12.1 Å². The Bertz CT molecular complexity index is 968. The summed E-state index contributed by atoms with van der Waals surface area (Å²) in [6, 6.07) is 12.0. The van der Waals surface area contributed by atoms with E-state index < -0.39 is 0 Å². The van der Waals surface area contributed by atoms with Gasteiger partial charge in [0, 0.05) is 25.2 Å². The van der Waals surface area contributed by atoms with Gasteiger partial charge in [0.05, 0.1) is 25.0 Å². The Morgan fingerprint density at radius 2 is 2.11 bits per heavy atom. The number of aromatic nitrogens is 3. The van der Waals surface area contributed by atoms with Crippen LogP contribution in [0, 0.1) is 0 Å². The first-order chi connectivity index (χ1) is 13.7. The summed E-state index contributed by atoms with van der Waals surface area (Å²) in [7, 11) is 1.42. The summed E-state index contributed by atoms with van der Waals surface area (Å²) < 4.78 is 6.69. The van der Waals surface area contributed by atoms with Crippen molar-refractivity contribution in [1.29, 1.82) is 0 Å². The number of hydrogen-bond donors (Lipinski definition) is 2. The van der Waals surface area contributed by atoms with Crippen LogP contribution in [-0.4, -0.2) is 51.8 Å². The van der Waals surface area contributed by atoms with Crippen LogP contribution < -0.4 is 11.1 Å². The minimum absolute atomic E-state index is 0.107. The molecule has 8 nitrogen and oxygen atoms in total. The molecule has 3 aromatic rings. The highest BCUT2D eigenvalue weighted by Crippen LogP contribution is 2.22. The number of nitrogens with zero attached hydrogens (tertiary/aromatic N) is 4. The standard InChI is InChI=1S/C20H24N6O2/c1-28-20(27)25-10-2-3-16(25)12-22-18-8-9-19-23-13-17(26(19)24-18)15-6-4-14(11-21)5-7-15/h4-9,13,16H,2-3,10-12,21H2,1H3,(H,22,24)/t16-/m0/s1. The van der Waals surface area contributed by atoms with E-state index in [9.17, 15) is 4.79 Å². The lowest BCUT2D eigenvalue weighted by Gasteiger charge is -2.23. The molecule has 0 radical (unpaired) electrons. The number of carbonyl (C=O) groups is 1. The van der Waals surface area contributed by atoms with Crippen LogP contribution in [0.1, 0.15) is 18.4 Å². The Kier molecular flexibility index (Phi) is 5.12. The van der Waals surface area contributed by atoms with Crippen LogP contribution in [0.4, 0.5) is 10.6 Å². The Hall–Kier alpha value is -3.13. The average molecular weight is 380 g/mol. The van der Waals surface area contributed by atoms with Crippen molar-refractivity contribution >= 4 is 17.6 Å². The van der Waals surface area contributed by atoms with E-state index >= 15 is 0 Å². The van der Waals surface area contributed by atoms with Gasteiger partial charge < -0.3 is 20.7 Å². The number of anilines is 1. The highest BCUT2D eigenvalue weighted by Gasteiger charge is 2.29. The molecule has 1 atom stereocenters. The lowest BCUT2D eigenvalue weighted by Crippen LogP contribution is -2.39. The topological polar surface area (TPSA) is 97.8 Å². The fraction of sp³-hybridized carbons (Fsp3) is 0.350. The molecule has 1 amide bonds. The number of hydrogen-bond acceptors (Lipinski definition) is 6. The van der Waals surface area contributed by atoms with Gasteiger partial charge in [0.15, 0.2) is 5.65 Å². The first kappa shape index (κ1) is 18.2. The van der Waals surface area contributed by atoms with E-state index in [1.54, 1.807) is 4.90 Å². The van der Waals surface area contributed by atoms with Crippen molar-refractivity contribution in [2.75, 3.05) is 25.5 Å². The van der Waals surface area contributed by atoms with E-state index in [0.717, 1.165) is 47.7 Å². The molecule has 3 N–H and O–H groups in total. The third-order valence-electron chi connectivity index (χ3n) is 5.15. The summed E-state index contributed by atoms with van der Waals surface area (Å²) in [5, 5.41) is 8.04. The molecule has 146 valence electrons. The summed E-state index contributed by atoms with van der Waals surface area (Å²) in [6.07, 6.45) is 3.48. The number of ether oxygens (including phenoxy) is 1. The molecule has 3 heterocycles. The minimum atomic E-state index is -0.273. The second kappa shape index (κ2) is 7.85. The molecule has 1 fully saturated rings. The monoisotopic (exact) mass is 380 g/mol. The van der Waals surface area contributed by atoms with Crippen molar-refractivity contribution in [1.82, 2.24) is 19.5 Å². The average Bonchev–Trinajstić information content (AvgIpc) is 3.38. The molecule has 0 saturated carbocycles. The first-order valence-electron chi connectivity index (χ1n) is 9.42. The van der Waals surface area contributed by atoms with Gasteiger partial charge in [-0.25, -0.2) is 14.3 Å². The van der Waals surface area contributed by atoms with Crippen LogP contribution >= 0.6 is 0 Å². The molecular formula is C20H24N6O2. The highest BCUT2D eigenvalue weighted by molar-refractivity contribution is 5.68. The van der Waals surface area contributed by atoms with Crippen molar-refractivity contribution in [3.63, 3.8) is 0 Å². The molecule has 28 heavy (non-hydrogen) atoms. The van der Waals surface area contributed by atoms with Crippen LogP contribution in [-0.2, 0) is 11.3 Å². The fourth-order valence-corrected chi connectivity index (χ4v) is 3.60. The number of rotatable bonds is 5. The molecule has 1 saturated heterocycles. The lowest BCUT2D eigenvalue weighted by molar-refractivity contribution is 0.120. The van der Waals surface area contributed by atoms with Crippen LogP contribution in [0.2, 0.25) is 0 Å². The molecule has 0 bridgehead atoms. The number of imidazole rings is 1. The van der Waals surface area contributed by atoms with Gasteiger partial charge >= 0.3 is 6.09 Å². The highest BCUT2D eigenvalue weighted by atomic mass is 16.5. The number of fused-ring (bicyclic) bond motifs is 1. The maximum Gasteiger partial charge on any atom is 0.409 e. The van der Waals surface area contributed by atoms with E-state index in [4.69, 9.17) is 10.5 Å². The lowest BCUT2D eigenvalue weighted by atomic mass is 10.1. The van der Waals surface area contributed by atoms with Crippen LogP contribution in [0.25, 0.3) is 16.9 Å². The number of carbonyl (C=O) groups excluding carboxylic acids is 1. The summed E-state index contributed by atoms with van der Waals surface area (Å²) in [6.45, 7) is 1.88.